The van der Waals surface area contributed by atoms with E-state index in [2.05, 4.69) is 37.2 Å². The summed E-state index contributed by atoms with van der Waals surface area (Å²) in [5.74, 6) is 0.499. The zero-order valence-corrected chi connectivity index (χ0v) is 9.88. The molecule has 0 spiro atoms. The summed E-state index contributed by atoms with van der Waals surface area (Å²) < 4.78 is 1.05. The highest BCUT2D eigenvalue weighted by atomic mass is 79.9. The molecule has 0 fully saturated rings. The summed E-state index contributed by atoms with van der Waals surface area (Å²) in [6.07, 6.45) is 1.95. The van der Waals surface area contributed by atoms with Crippen LogP contribution >= 0.6 is 15.9 Å². The van der Waals surface area contributed by atoms with Crippen molar-refractivity contribution in [3.8, 4) is 11.3 Å². The van der Waals surface area contributed by atoms with Gasteiger partial charge in [0.2, 0.25) is 0 Å². The molecule has 0 radical (unpaired) electrons. The number of fused-ring (bicyclic) bond motifs is 1. The van der Waals surface area contributed by atoms with E-state index in [0.29, 0.717) is 5.82 Å². The van der Waals surface area contributed by atoms with Crippen LogP contribution in [0.3, 0.4) is 0 Å². The number of para-hydroxylation sites is 1. The van der Waals surface area contributed by atoms with Gasteiger partial charge in [-0.1, -0.05) is 12.1 Å². The monoisotopic (exact) mass is 276 g/mol. The zero-order chi connectivity index (χ0) is 11.1. The lowest BCUT2D eigenvalue weighted by atomic mass is 10.1. The number of halogens is 1. The van der Waals surface area contributed by atoms with Gasteiger partial charge in [0.1, 0.15) is 5.82 Å². The molecule has 5 heteroatoms. The number of nitrogen functional groups attached to an aromatic ring is 1. The summed E-state index contributed by atoms with van der Waals surface area (Å²) in [6.45, 7) is 0. The van der Waals surface area contributed by atoms with E-state index < -0.39 is 0 Å². The fourth-order valence-electron chi connectivity index (χ4n) is 1.82. The van der Waals surface area contributed by atoms with Gasteiger partial charge in [-0.05, 0) is 22.0 Å². The first kappa shape index (κ1) is 9.47. The molecule has 0 aliphatic carbocycles. The largest absolute Gasteiger partial charge is 0.382 e. The van der Waals surface area contributed by atoms with E-state index in [-0.39, 0.29) is 0 Å². The topological polar surface area (TPSA) is 70.5 Å². The first-order chi connectivity index (χ1) is 7.75. The second-order valence-electron chi connectivity index (χ2n) is 3.57. The summed E-state index contributed by atoms with van der Waals surface area (Å²) in [5, 5.41) is 7.98. The van der Waals surface area contributed by atoms with E-state index in [4.69, 9.17) is 5.73 Å². The lowest BCUT2D eigenvalue weighted by Crippen LogP contribution is -1.81. The number of aromatic amines is 2. The molecule has 4 N–H and O–H groups in total. The van der Waals surface area contributed by atoms with Crippen LogP contribution in [0.5, 0.6) is 0 Å². The van der Waals surface area contributed by atoms with E-state index in [1.54, 1.807) is 0 Å². The molecule has 0 atom stereocenters. The van der Waals surface area contributed by atoms with E-state index >= 15 is 0 Å². The maximum atomic E-state index is 5.60. The van der Waals surface area contributed by atoms with Crippen molar-refractivity contribution >= 4 is 32.7 Å². The fourth-order valence-corrected chi connectivity index (χ4v) is 2.30. The Morgan fingerprint density at radius 3 is 2.94 bits per heavy atom. The molecule has 16 heavy (non-hydrogen) atoms. The molecule has 0 bridgehead atoms. The van der Waals surface area contributed by atoms with E-state index in [0.717, 1.165) is 26.6 Å². The van der Waals surface area contributed by atoms with E-state index in [1.807, 2.05) is 24.4 Å². The van der Waals surface area contributed by atoms with Crippen molar-refractivity contribution in [3.05, 3.63) is 34.9 Å². The van der Waals surface area contributed by atoms with Gasteiger partial charge in [0, 0.05) is 27.7 Å². The van der Waals surface area contributed by atoms with E-state index in [9.17, 15) is 0 Å². The Kier molecular flexibility index (Phi) is 2.00. The second-order valence-corrected chi connectivity index (χ2v) is 4.43. The van der Waals surface area contributed by atoms with Crippen LogP contribution in [0.4, 0.5) is 5.82 Å². The molecule has 1 aromatic carbocycles. The molecular weight excluding hydrogens is 268 g/mol. The number of nitrogens with one attached hydrogen (secondary N) is 2. The van der Waals surface area contributed by atoms with Crippen LogP contribution in [-0.2, 0) is 0 Å². The van der Waals surface area contributed by atoms with Gasteiger partial charge in [0.05, 0.1) is 11.2 Å². The third-order valence-corrected chi connectivity index (χ3v) is 3.21. The molecule has 0 aliphatic heterocycles. The summed E-state index contributed by atoms with van der Waals surface area (Å²) in [7, 11) is 0. The molecule has 80 valence electrons. The molecule has 0 saturated carbocycles. The number of anilines is 1. The lowest BCUT2D eigenvalue weighted by molar-refractivity contribution is 1.10. The molecule has 4 nitrogen and oxygen atoms in total. The molecular formula is C11H9BrN4. The number of hydrogen-bond acceptors (Lipinski definition) is 2. The fraction of sp³-hybridized carbons (Fsp3) is 0. The number of rotatable bonds is 1. The first-order valence-electron chi connectivity index (χ1n) is 4.82. The van der Waals surface area contributed by atoms with E-state index in [1.165, 1.54) is 0 Å². The van der Waals surface area contributed by atoms with Gasteiger partial charge in [-0.3, -0.25) is 5.10 Å². The summed E-state index contributed by atoms with van der Waals surface area (Å²) in [4.78, 5) is 3.23. The molecule has 2 heterocycles. The van der Waals surface area contributed by atoms with Crippen LogP contribution in [0.2, 0.25) is 0 Å². The van der Waals surface area contributed by atoms with Crippen LogP contribution in [0.15, 0.2) is 34.9 Å². The average Bonchev–Trinajstić information content (AvgIpc) is 2.84. The van der Waals surface area contributed by atoms with Gasteiger partial charge in [0.15, 0.2) is 0 Å². The van der Waals surface area contributed by atoms with Crippen molar-refractivity contribution < 1.29 is 0 Å². The highest BCUT2D eigenvalue weighted by Crippen LogP contribution is 2.31. The number of aromatic nitrogens is 3. The van der Waals surface area contributed by atoms with Crippen LogP contribution in [0.1, 0.15) is 0 Å². The molecule has 3 rings (SSSR count). The molecule has 0 aliphatic rings. The minimum atomic E-state index is 0.499. The Balaban J connectivity index is 2.29. The summed E-state index contributed by atoms with van der Waals surface area (Å²) in [6, 6.07) is 7.89. The Labute approximate surface area is 100.0 Å². The predicted octanol–water partition coefficient (Wildman–Crippen LogP) is 2.90. The average molecular weight is 277 g/mol. The van der Waals surface area contributed by atoms with Crippen molar-refractivity contribution in [2.75, 3.05) is 5.73 Å². The van der Waals surface area contributed by atoms with Crippen LogP contribution in [0.25, 0.3) is 22.2 Å². The SMILES string of the molecule is Nc1cc(-c2c[nH]c3c(Br)cccc23)[nH]n1. The number of nitrogens with zero attached hydrogens (tertiary/aromatic N) is 1. The number of hydrogen-bond donors (Lipinski definition) is 3. The Hall–Kier alpha value is -1.75. The van der Waals surface area contributed by atoms with Crippen LogP contribution < -0.4 is 5.73 Å². The van der Waals surface area contributed by atoms with Gasteiger partial charge in [0.25, 0.3) is 0 Å². The predicted molar refractivity (Wildman–Crippen MR) is 68.0 cm³/mol. The molecule has 0 saturated heterocycles. The van der Waals surface area contributed by atoms with Crippen LogP contribution in [0, 0.1) is 0 Å². The smallest absolute Gasteiger partial charge is 0.145 e. The Bertz CT molecular complexity index is 653. The molecule has 3 aromatic rings. The van der Waals surface area contributed by atoms with Crippen LogP contribution in [-0.4, -0.2) is 15.2 Å². The van der Waals surface area contributed by atoms with Gasteiger partial charge >= 0.3 is 0 Å². The molecule has 0 unspecified atom stereocenters. The third-order valence-electron chi connectivity index (χ3n) is 2.55. The number of benzene rings is 1. The highest BCUT2D eigenvalue weighted by Gasteiger charge is 2.09. The quantitative estimate of drug-likeness (QED) is 0.640. The van der Waals surface area contributed by atoms with Crippen molar-refractivity contribution in [1.29, 1.82) is 0 Å². The van der Waals surface area contributed by atoms with Crippen molar-refractivity contribution in [3.63, 3.8) is 0 Å². The van der Waals surface area contributed by atoms with Gasteiger partial charge in [-0.25, -0.2) is 0 Å². The minimum Gasteiger partial charge on any atom is -0.382 e. The summed E-state index contributed by atoms with van der Waals surface area (Å²) in [5.41, 5.74) is 8.66. The van der Waals surface area contributed by atoms with Crippen molar-refractivity contribution in [2.45, 2.75) is 0 Å². The summed E-state index contributed by atoms with van der Waals surface area (Å²) >= 11 is 3.51. The first-order valence-corrected chi connectivity index (χ1v) is 5.62. The number of H-pyrrole nitrogens is 2. The Morgan fingerprint density at radius 1 is 1.31 bits per heavy atom. The Morgan fingerprint density at radius 2 is 2.19 bits per heavy atom. The maximum Gasteiger partial charge on any atom is 0.145 e. The molecule has 2 aromatic heterocycles. The maximum absolute atomic E-state index is 5.60. The molecule has 0 amide bonds. The second kappa shape index (κ2) is 3.38. The lowest BCUT2D eigenvalue weighted by Gasteiger charge is -1.95. The third kappa shape index (κ3) is 1.32. The van der Waals surface area contributed by atoms with Crippen molar-refractivity contribution in [2.24, 2.45) is 0 Å². The highest BCUT2D eigenvalue weighted by molar-refractivity contribution is 9.10. The van der Waals surface area contributed by atoms with Crippen molar-refractivity contribution in [1.82, 2.24) is 15.2 Å². The minimum absolute atomic E-state index is 0.499. The zero-order valence-electron chi connectivity index (χ0n) is 8.29. The number of nitrogens with two attached hydrogens (primary N) is 1. The van der Waals surface area contributed by atoms with Gasteiger partial charge in [-0.2, -0.15) is 5.10 Å². The normalized spacial score (nSPS) is 11.1. The van der Waals surface area contributed by atoms with Gasteiger partial charge in [-0.15, -0.1) is 0 Å². The van der Waals surface area contributed by atoms with Gasteiger partial charge < -0.3 is 10.7 Å². The standard InChI is InChI=1S/C11H9BrN4/c12-8-3-1-2-6-7(5-14-11(6)8)9-4-10(13)16-15-9/h1-5,14H,(H3,13,15,16).